The van der Waals surface area contributed by atoms with E-state index in [1.54, 1.807) is 7.11 Å². The van der Waals surface area contributed by atoms with Crippen molar-refractivity contribution in [3.05, 3.63) is 30.3 Å². The molecule has 2 heterocycles. The topological polar surface area (TPSA) is 32.8 Å². The molecule has 24 heavy (non-hydrogen) atoms. The van der Waals surface area contributed by atoms with Crippen LogP contribution in [0.3, 0.4) is 0 Å². The van der Waals surface area contributed by atoms with E-state index in [0.29, 0.717) is 6.61 Å². The van der Waals surface area contributed by atoms with Gasteiger partial charge in [-0.1, -0.05) is 24.6 Å². The van der Waals surface area contributed by atoms with E-state index in [4.69, 9.17) is 4.74 Å². The number of amides is 1. The fourth-order valence-corrected chi connectivity index (χ4v) is 4.79. The van der Waals surface area contributed by atoms with E-state index >= 15 is 0 Å². The Kier molecular flexibility index (Phi) is 4.35. The zero-order chi connectivity index (χ0) is 16.6. The van der Waals surface area contributed by atoms with Gasteiger partial charge in [0.05, 0.1) is 12.5 Å². The van der Waals surface area contributed by atoms with Gasteiger partial charge in [-0.25, -0.2) is 0 Å². The van der Waals surface area contributed by atoms with Crippen LogP contribution in [0.5, 0.6) is 0 Å². The molecule has 1 aliphatic carbocycles. The smallest absolute Gasteiger partial charge is 0.233 e. The second-order valence-corrected chi connectivity index (χ2v) is 7.75. The van der Waals surface area contributed by atoms with Gasteiger partial charge in [-0.15, -0.1) is 0 Å². The molecule has 0 unspecified atom stereocenters. The third-order valence-electron chi connectivity index (χ3n) is 6.56. The lowest BCUT2D eigenvalue weighted by molar-refractivity contribution is -0.125. The van der Waals surface area contributed by atoms with E-state index in [0.717, 1.165) is 44.2 Å². The molecule has 130 valence electrons. The number of nitrogens with zero attached hydrogens (tertiary/aromatic N) is 2. The van der Waals surface area contributed by atoms with Gasteiger partial charge in [0.1, 0.15) is 0 Å². The van der Waals surface area contributed by atoms with Crippen LogP contribution in [-0.4, -0.2) is 50.2 Å². The predicted octanol–water partition coefficient (Wildman–Crippen LogP) is 2.93. The summed E-state index contributed by atoms with van der Waals surface area (Å²) in [7, 11) is 1.72. The zero-order valence-electron chi connectivity index (χ0n) is 14.6. The fourth-order valence-electron chi connectivity index (χ4n) is 4.79. The van der Waals surface area contributed by atoms with Crippen LogP contribution in [0.2, 0.25) is 0 Å². The fraction of sp³-hybridized carbons (Fsp3) is 0.650. The van der Waals surface area contributed by atoms with Gasteiger partial charge in [-0.05, 0) is 50.9 Å². The Bertz CT molecular complexity index is 577. The molecule has 1 aromatic carbocycles. The van der Waals surface area contributed by atoms with Crippen molar-refractivity contribution in [2.75, 3.05) is 38.3 Å². The normalized spacial score (nSPS) is 27.6. The van der Waals surface area contributed by atoms with Crippen molar-refractivity contribution < 1.29 is 9.53 Å². The van der Waals surface area contributed by atoms with Crippen LogP contribution in [-0.2, 0) is 9.53 Å². The van der Waals surface area contributed by atoms with Crippen molar-refractivity contribution in [3.8, 4) is 0 Å². The monoisotopic (exact) mass is 328 g/mol. The predicted molar refractivity (Wildman–Crippen MR) is 95.0 cm³/mol. The number of likely N-dealkylation sites (tertiary alicyclic amines) is 1. The summed E-state index contributed by atoms with van der Waals surface area (Å²) in [6, 6.07) is 10.9. The highest BCUT2D eigenvalue weighted by molar-refractivity contribution is 5.98. The molecular formula is C20H28N2O2. The lowest BCUT2D eigenvalue weighted by atomic mass is 9.70. The molecule has 1 aromatic rings. The second-order valence-electron chi connectivity index (χ2n) is 7.75. The van der Waals surface area contributed by atoms with Crippen molar-refractivity contribution in [2.45, 2.75) is 38.1 Å². The molecule has 2 saturated heterocycles. The minimum absolute atomic E-state index is 0.00578. The van der Waals surface area contributed by atoms with E-state index in [9.17, 15) is 4.79 Å². The third kappa shape index (κ3) is 2.66. The molecule has 0 aromatic heterocycles. The van der Waals surface area contributed by atoms with Crippen LogP contribution in [0.15, 0.2) is 30.3 Å². The lowest BCUT2D eigenvalue weighted by Gasteiger charge is -2.46. The molecular weight excluding hydrogens is 300 g/mol. The third-order valence-corrected chi connectivity index (χ3v) is 6.56. The molecule has 1 saturated carbocycles. The summed E-state index contributed by atoms with van der Waals surface area (Å²) in [4.78, 5) is 17.7. The highest BCUT2D eigenvalue weighted by Crippen LogP contribution is 2.47. The second kappa shape index (κ2) is 6.49. The van der Waals surface area contributed by atoms with Crippen LogP contribution >= 0.6 is 0 Å². The number of benzene rings is 1. The number of rotatable bonds is 4. The first kappa shape index (κ1) is 16.1. The summed E-state index contributed by atoms with van der Waals surface area (Å²) in [6.45, 7) is 3.68. The molecule has 0 radical (unpaired) electrons. The maximum absolute atomic E-state index is 13.1. The summed E-state index contributed by atoms with van der Waals surface area (Å²) >= 11 is 0. The first-order chi connectivity index (χ1) is 11.7. The number of para-hydroxylation sites is 1. The Morgan fingerprint density at radius 3 is 2.46 bits per heavy atom. The summed E-state index contributed by atoms with van der Waals surface area (Å²) in [5.74, 6) is 0.256. The number of hydrogen-bond donors (Lipinski definition) is 0. The number of ether oxygens (including phenoxy) is 1. The SMILES string of the molecule is COC[C@H]1C(=O)N(c2ccccc2)CC12CCN(C1CCC1)CC2. The van der Waals surface area contributed by atoms with Crippen LogP contribution in [0.4, 0.5) is 5.69 Å². The highest BCUT2D eigenvalue weighted by Gasteiger charge is 2.53. The average molecular weight is 328 g/mol. The molecule has 2 aliphatic heterocycles. The van der Waals surface area contributed by atoms with Crippen LogP contribution < -0.4 is 4.90 Å². The minimum atomic E-state index is 0.00578. The average Bonchev–Trinajstić information content (AvgIpc) is 2.83. The van der Waals surface area contributed by atoms with Gasteiger partial charge in [-0.3, -0.25) is 4.79 Å². The Morgan fingerprint density at radius 2 is 1.88 bits per heavy atom. The first-order valence-electron chi connectivity index (χ1n) is 9.33. The van der Waals surface area contributed by atoms with Crippen molar-refractivity contribution in [2.24, 2.45) is 11.3 Å². The molecule has 1 amide bonds. The van der Waals surface area contributed by atoms with Crippen molar-refractivity contribution in [1.29, 1.82) is 0 Å². The number of anilines is 1. The molecule has 4 rings (SSSR count). The molecule has 0 N–H and O–H groups in total. The van der Waals surface area contributed by atoms with Gasteiger partial charge >= 0.3 is 0 Å². The maximum atomic E-state index is 13.1. The van der Waals surface area contributed by atoms with E-state index < -0.39 is 0 Å². The summed E-state index contributed by atoms with van der Waals surface area (Å²) in [5, 5.41) is 0. The Morgan fingerprint density at radius 1 is 1.17 bits per heavy atom. The van der Waals surface area contributed by atoms with Gasteiger partial charge in [0.25, 0.3) is 0 Å². The van der Waals surface area contributed by atoms with Gasteiger partial charge in [-0.2, -0.15) is 0 Å². The number of carbonyl (C=O) groups excluding carboxylic acids is 1. The summed E-state index contributed by atoms with van der Waals surface area (Å²) in [5.41, 5.74) is 1.12. The first-order valence-corrected chi connectivity index (χ1v) is 9.33. The van der Waals surface area contributed by atoms with Crippen LogP contribution in [0.25, 0.3) is 0 Å². The Labute approximate surface area is 144 Å². The molecule has 3 fully saturated rings. The van der Waals surface area contributed by atoms with E-state index in [2.05, 4.69) is 4.90 Å². The Hall–Kier alpha value is -1.39. The molecule has 1 spiro atoms. The van der Waals surface area contributed by atoms with Crippen LogP contribution in [0.1, 0.15) is 32.1 Å². The molecule has 0 bridgehead atoms. The van der Waals surface area contributed by atoms with Gasteiger partial charge in [0, 0.05) is 30.8 Å². The number of piperidine rings is 1. The number of carbonyl (C=O) groups is 1. The zero-order valence-corrected chi connectivity index (χ0v) is 14.6. The number of hydrogen-bond acceptors (Lipinski definition) is 3. The van der Waals surface area contributed by atoms with Gasteiger partial charge < -0.3 is 14.5 Å². The largest absolute Gasteiger partial charge is 0.384 e. The van der Waals surface area contributed by atoms with Crippen molar-refractivity contribution in [1.82, 2.24) is 4.90 Å². The minimum Gasteiger partial charge on any atom is -0.384 e. The molecule has 1 atom stereocenters. The lowest BCUT2D eigenvalue weighted by Crippen LogP contribution is -2.50. The Balaban J connectivity index is 1.54. The highest BCUT2D eigenvalue weighted by atomic mass is 16.5. The molecule has 4 nitrogen and oxygen atoms in total. The standard InChI is InChI=1S/C20H28N2O2/c1-24-14-18-19(23)22(17-6-3-2-4-7-17)15-20(18)10-12-21(13-11-20)16-8-5-9-16/h2-4,6-7,16,18H,5,8-15H2,1H3/t18-/m0/s1. The quantitative estimate of drug-likeness (QED) is 0.852. The van der Waals surface area contributed by atoms with Crippen LogP contribution in [0, 0.1) is 11.3 Å². The van der Waals surface area contributed by atoms with Crippen molar-refractivity contribution >= 4 is 11.6 Å². The van der Waals surface area contributed by atoms with E-state index in [-0.39, 0.29) is 17.2 Å². The van der Waals surface area contributed by atoms with E-state index in [1.165, 1.54) is 19.3 Å². The van der Waals surface area contributed by atoms with Crippen molar-refractivity contribution in [3.63, 3.8) is 0 Å². The number of methoxy groups -OCH3 is 1. The summed E-state index contributed by atoms with van der Waals surface area (Å²) in [6.07, 6.45) is 6.35. The van der Waals surface area contributed by atoms with Gasteiger partial charge in [0.15, 0.2) is 0 Å². The molecule has 3 aliphatic rings. The molecule has 4 heteroatoms. The van der Waals surface area contributed by atoms with E-state index in [1.807, 2.05) is 35.2 Å². The van der Waals surface area contributed by atoms with Gasteiger partial charge in [0.2, 0.25) is 5.91 Å². The summed E-state index contributed by atoms with van der Waals surface area (Å²) < 4.78 is 5.45. The maximum Gasteiger partial charge on any atom is 0.233 e.